The van der Waals surface area contributed by atoms with Gasteiger partial charge < -0.3 is 20.3 Å². The normalized spacial score (nSPS) is 19.6. The molecule has 0 aliphatic carbocycles. The highest BCUT2D eigenvalue weighted by Gasteiger charge is 2.38. The van der Waals surface area contributed by atoms with E-state index in [1.54, 1.807) is 6.07 Å². The Kier molecular flexibility index (Phi) is 10.5. The van der Waals surface area contributed by atoms with Gasteiger partial charge in [-0.05, 0) is 97.8 Å². The number of rotatable bonds is 7. The maximum Gasteiger partial charge on any atom is 0.490 e. The van der Waals surface area contributed by atoms with Crippen molar-refractivity contribution in [2.75, 3.05) is 13.1 Å². The number of piperidine rings is 1. The van der Waals surface area contributed by atoms with Gasteiger partial charge in [0, 0.05) is 25.2 Å². The van der Waals surface area contributed by atoms with E-state index in [-0.39, 0.29) is 18.0 Å². The standard InChI is InChI=1S/C30H35FN2O2.C2HF3O2/c1-21(29-4-2-3-16-32-29)35-27-12-7-22(8-13-27)18-30-28-14-11-26(34)19-24(28)15-17-33(30)20-23-5-9-25(31)10-6-23;3-2(4,5)1(6)7/h5-14,19,21,29-30,32,34H,2-4,15-18,20H2,1H3;(H,6,7). The van der Waals surface area contributed by atoms with Crippen molar-refractivity contribution in [2.45, 2.75) is 69.9 Å². The number of aliphatic carboxylic acids is 1. The third-order valence-electron chi connectivity index (χ3n) is 7.73. The molecule has 0 bridgehead atoms. The number of alkyl halides is 3. The average Bonchev–Trinajstić information content (AvgIpc) is 2.96. The molecule has 3 N–H and O–H groups in total. The van der Waals surface area contributed by atoms with Gasteiger partial charge in [-0.25, -0.2) is 9.18 Å². The van der Waals surface area contributed by atoms with E-state index in [1.807, 2.05) is 18.2 Å². The second kappa shape index (κ2) is 14.0. The molecule has 5 rings (SSSR count). The quantitative estimate of drug-likeness (QED) is 0.277. The van der Waals surface area contributed by atoms with E-state index in [0.717, 1.165) is 43.8 Å². The van der Waals surface area contributed by atoms with E-state index in [2.05, 4.69) is 47.5 Å². The van der Waals surface area contributed by atoms with E-state index in [0.29, 0.717) is 11.8 Å². The zero-order valence-corrected chi connectivity index (χ0v) is 23.4. The van der Waals surface area contributed by atoms with Crippen LogP contribution in [0.4, 0.5) is 17.6 Å². The van der Waals surface area contributed by atoms with Crippen LogP contribution in [-0.2, 0) is 24.2 Å². The Labute approximate surface area is 242 Å². The molecule has 3 atom stereocenters. The van der Waals surface area contributed by atoms with Gasteiger partial charge >= 0.3 is 12.1 Å². The number of nitrogens with zero attached hydrogens (tertiary/aromatic N) is 1. The number of hydrogen-bond donors (Lipinski definition) is 3. The minimum Gasteiger partial charge on any atom is -0.508 e. The molecule has 0 radical (unpaired) electrons. The van der Waals surface area contributed by atoms with Gasteiger partial charge in [0.05, 0.1) is 0 Å². The van der Waals surface area contributed by atoms with Gasteiger partial charge in [-0.15, -0.1) is 0 Å². The van der Waals surface area contributed by atoms with Crippen molar-refractivity contribution >= 4 is 5.97 Å². The lowest BCUT2D eigenvalue weighted by Gasteiger charge is -2.38. The SMILES string of the molecule is CC(Oc1ccc(CC2c3ccc(O)cc3CCN2Cc2ccc(F)cc2)cc1)C1CCCCN1.O=C(O)C(F)(F)F. The summed E-state index contributed by atoms with van der Waals surface area (Å²) in [7, 11) is 0. The highest BCUT2D eigenvalue weighted by atomic mass is 19.4. The minimum atomic E-state index is -5.08. The van der Waals surface area contributed by atoms with Crippen LogP contribution < -0.4 is 10.1 Å². The first-order valence-corrected chi connectivity index (χ1v) is 14.1. The van der Waals surface area contributed by atoms with Gasteiger partial charge in [-0.1, -0.05) is 36.8 Å². The number of fused-ring (bicyclic) bond motifs is 1. The van der Waals surface area contributed by atoms with Crippen LogP contribution >= 0.6 is 0 Å². The molecule has 0 amide bonds. The fraction of sp³-hybridized carbons (Fsp3) is 0.406. The molecular formula is C32H36F4N2O4. The van der Waals surface area contributed by atoms with Crippen molar-refractivity contribution in [1.82, 2.24) is 10.2 Å². The molecule has 1 saturated heterocycles. The Morgan fingerprint density at radius 3 is 2.33 bits per heavy atom. The lowest BCUT2D eigenvalue weighted by molar-refractivity contribution is -0.192. The molecule has 2 heterocycles. The molecule has 10 heteroatoms. The second-order valence-electron chi connectivity index (χ2n) is 10.8. The van der Waals surface area contributed by atoms with Crippen LogP contribution in [0.1, 0.15) is 54.5 Å². The largest absolute Gasteiger partial charge is 0.508 e. The lowest BCUT2D eigenvalue weighted by Crippen LogP contribution is -2.44. The summed E-state index contributed by atoms with van der Waals surface area (Å²) in [5.41, 5.74) is 4.82. The third-order valence-corrected chi connectivity index (χ3v) is 7.73. The van der Waals surface area contributed by atoms with E-state index in [1.165, 1.54) is 48.1 Å². The molecule has 2 aliphatic heterocycles. The molecule has 42 heavy (non-hydrogen) atoms. The maximum atomic E-state index is 13.4. The first-order valence-electron chi connectivity index (χ1n) is 14.1. The van der Waals surface area contributed by atoms with E-state index < -0.39 is 12.1 Å². The number of carboxylic acids is 1. The average molecular weight is 589 g/mol. The zero-order valence-electron chi connectivity index (χ0n) is 23.4. The van der Waals surface area contributed by atoms with Crippen molar-refractivity contribution in [2.24, 2.45) is 0 Å². The molecule has 3 unspecified atom stereocenters. The fourth-order valence-corrected chi connectivity index (χ4v) is 5.51. The summed E-state index contributed by atoms with van der Waals surface area (Å²) in [5.74, 6) is -1.74. The van der Waals surface area contributed by atoms with E-state index in [4.69, 9.17) is 14.6 Å². The molecule has 226 valence electrons. The molecule has 0 saturated carbocycles. The maximum absolute atomic E-state index is 13.4. The topological polar surface area (TPSA) is 82.0 Å². The number of phenolic OH excluding ortho intramolecular Hbond substituents is 1. The molecule has 0 spiro atoms. The van der Waals surface area contributed by atoms with E-state index >= 15 is 0 Å². The van der Waals surface area contributed by atoms with Crippen LogP contribution in [0.15, 0.2) is 66.7 Å². The Balaban J connectivity index is 0.000000517. The Morgan fingerprint density at radius 2 is 1.71 bits per heavy atom. The monoisotopic (exact) mass is 588 g/mol. The van der Waals surface area contributed by atoms with Crippen molar-refractivity contribution < 1.29 is 37.3 Å². The van der Waals surface area contributed by atoms with Gasteiger partial charge in [0.2, 0.25) is 0 Å². The molecule has 2 aliphatic rings. The number of ether oxygens (including phenoxy) is 1. The van der Waals surface area contributed by atoms with Crippen LogP contribution in [0.5, 0.6) is 11.5 Å². The number of phenols is 1. The summed E-state index contributed by atoms with van der Waals surface area (Å²) in [6.45, 7) is 4.88. The summed E-state index contributed by atoms with van der Waals surface area (Å²) in [4.78, 5) is 11.4. The number of nitrogens with one attached hydrogen (secondary N) is 1. The predicted octanol–water partition coefficient (Wildman–Crippen LogP) is 6.42. The lowest BCUT2D eigenvalue weighted by atomic mass is 9.88. The van der Waals surface area contributed by atoms with E-state index in [9.17, 15) is 22.7 Å². The summed E-state index contributed by atoms with van der Waals surface area (Å²) in [6, 6.07) is 21.6. The molecular weight excluding hydrogens is 552 g/mol. The fourth-order valence-electron chi connectivity index (χ4n) is 5.51. The van der Waals surface area contributed by atoms with Crippen LogP contribution in [0.3, 0.4) is 0 Å². The highest BCUT2D eigenvalue weighted by molar-refractivity contribution is 5.73. The summed E-state index contributed by atoms with van der Waals surface area (Å²) in [5, 5.41) is 20.7. The predicted molar refractivity (Wildman–Crippen MR) is 151 cm³/mol. The summed E-state index contributed by atoms with van der Waals surface area (Å²) >= 11 is 0. The summed E-state index contributed by atoms with van der Waals surface area (Å²) in [6.07, 6.45) is 0.490. The van der Waals surface area contributed by atoms with Crippen molar-refractivity contribution in [1.29, 1.82) is 0 Å². The van der Waals surface area contributed by atoms with Gasteiger partial charge in [0.1, 0.15) is 23.4 Å². The van der Waals surface area contributed by atoms with Crippen molar-refractivity contribution in [3.63, 3.8) is 0 Å². The molecule has 1 fully saturated rings. The second-order valence-corrected chi connectivity index (χ2v) is 10.8. The van der Waals surface area contributed by atoms with Gasteiger partial charge in [0.25, 0.3) is 0 Å². The van der Waals surface area contributed by atoms with Crippen LogP contribution in [0.2, 0.25) is 0 Å². The van der Waals surface area contributed by atoms with Crippen LogP contribution in [-0.4, -0.2) is 52.5 Å². The number of carbonyl (C=O) groups is 1. The molecule has 0 aromatic heterocycles. The van der Waals surface area contributed by atoms with Crippen molar-refractivity contribution in [3.8, 4) is 11.5 Å². The van der Waals surface area contributed by atoms with Gasteiger partial charge in [-0.3, -0.25) is 4.90 Å². The number of hydrogen-bond acceptors (Lipinski definition) is 5. The number of carboxylic acid groups (broad SMARTS) is 1. The first-order chi connectivity index (χ1) is 20.0. The minimum absolute atomic E-state index is 0.144. The molecule has 3 aromatic carbocycles. The zero-order chi connectivity index (χ0) is 30.3. The smallest absolute Gasteiger partial charge is 0.490 e. The summed E-state index contributed by atoms with van der Waals surface area (Å²) < 4.78 is 51.4. The van der Waals surface area contributed by atoms with Gasteiger partial charge in [-0.2, -0.15) is 13.2 Å². The number of halogens is 4. The number of benzene rings is 3. The Bertz CT molecular complexity index is 1310. The third kappa shape index (κ3) is 8.69. The Morgan fingerprint density at radius 1 is 1.05 bits per heavy atom. The van der Waals surface area contributed by atoms with Crippen molar-refractivity contribution in [3.05, 3.63) is 94.8 Å². The molecule has 6 nitrogen and oxygen atoms in total. The first kappa shape index (κ1) is 31.3. The van der Waals surface area contributed by atoms with Gasteiger partial charge in [0.15, 0.2) is 0 Å². The molecule has 3 aromatic rings. The van der Waals surface area contributed by atoms with Crippen LogP contribution in [0, 0.1) is 5.82 Å². The number of aromatic hydroxyl groups is 1. The Hall–Kier alpha value is -3.63. The van der Waals surface area contributed by atoms with Crippen LogP contribution in [0.25, 0.3) is 0 Å². The highest BCUT2D eigenvalue weighted by Crippen LogP contribution is 2.35.